The van der Waals surface area contributed by atoms with E-state index in [1.807, 2.05) is 24.3 Å². The molecule has 2 atom stereocenters. The first kappa shape index (κ1) is 13.4. The minimum atomic E-state index is -0.351. The molecule has 18 heavy (non-hydrogen) atoms. The highest BCUT2D eigenvalue weighted by Gasteiger charge is 2.24. The number of amides is 1. The van der Waals surface area contributed by atoms with E-state index in [4.69, 9.17) is 4.74 Å². The number of carbonyl (C=O) groups excluding carboxylic acids is 1. The second-order valence-corrected chi connectivity index (χ2v) is 5.75. The van der Waals surface area contributed by atoms with Crippen molar-refractivity contribution in [1.82, 2.24) is 0 Å². The smallest absolute Gasteiger partial charge is 0.411 e. The zero-order chi connectivity index (χ0) is 13.0. The molecule has 0 aliphatic heterocycles. The van der Waals surface area contributed by atoms with Crippen LogP contribution in [-0.4, -0.2) is 12.2 Å². The third-order valence-corrected chi connectivity index (χ3v) is 3.91. The van der Waals surface area contributed by atoms with Crippen LogP contribution in [0.4, 0.5) is 10.5 Å². The van der Waals surface area contributed by atoms with Gasteiger partial charge < -0.3 is 4.74 Å². The van der Waals surface area contributed by atoms with Crippen LogP contribution in [0.2, 0.25) is 0 Å². The average Bonchev–Trinajstić information content (AvgIpc) is 2.35. The van der Waals surface area contributed by atoms with Crippen molar-refractivity contribution in [3.63, 3.8) is 0 Å². The summed E-state index contributed by atoms with van der Waals surface area (Å²) < 4.78 is 6.46. The summed E-state index contributed by atoms with van der Waals surface area (Å²) in [6, 6.07) is 7.46. The maximum absolute atomic E-state index is 11.8. The van der Waals surface area contributed by atoms with Crippen molar-refractivity contribution in [2.75, 3.05) is 5.32 Å². The SMILES string of the molecule is C[C@@H]1CCCC[C@@H]1OC(=O)Nc1ccc(Br)cc1. The molecule has 0 unspecified atom stereocenters. The lowest BCUT2D eigenvalue weighted by atomic mass is 9.88. The summed E-state index contributed by atoms with van der Waals surface area (Å²) in [5.41, 5.74) is 0.756. The molecule has 1 aliphatic carbocycles. The fourth-order valence-corrected chi connectivity index (χ4v) is 2.54. The third-order valence-electron chi connectivity index (χ3n) is 3.38. The van der Waals surface area contributed by atoms with Gasteiger partial charge in [0.1, 0.15) is 6.10 Å². The summed E-state index contributed by atoms with van der Waals surface area (Å²) in [4.78, 5) is 11.8. The lowest BCUT2D eigenvalue weighted by Gasteiger charge is -2.28. The molecule has 4 heteroatoms. The summed E-state index contributed by atoms with van der Waals surface area (Å²) in [5.74, 6) is 0.467. The number of hydrogen-bond acceptors (Lipinski definition) is 2. The highest BCUT2D eigenvalue weighted by Crippen LogP contribution is 2.26. The Morgan fingerprint density at radius 1 is 1.28 bits per heavy atom. The molecule has 1 amide bonds. The van der Waals surface area contributed by atoms with Gasteiger partial charge in [-0.1, -0.05) is 29.3 Å². The number of halogens is 1. The van der Waals surface area contributed by atoms with Crippen molar-refractivity contribution < 1.29 is 9.53 Å². The summed E-state index contributed by atoms with van der Waals surface area (Å²) in [7, 11) is 0. The first-order chi connectivity index (χ1) is 8.65. The standard InChI is InChI=1S/C14H18BrNO2/c1-10-4-2-3-5-13(10)18-14(17)16-12-8-6-11(15)7-9-12/h6-10,13H,2-5H2,1H3,(H,16,17)/t10-,13+/m1/s1. The Hall–Kier alpha value is -1.03. The summed E-state index contributed by atoms with van der Waals surface area (Å²) >= 11 is 3.36. The Morgan fingerprint density at radius 3 is 2.61 bits per heavy atom. The molecule has 1 aliphatic rings. The molecule has 1 aromatic rings. The maximum atomic E-state index is 11.8. The van der Waals surface area contributed by atoms with E-state index >= 15 is 0 Å². The Balaban J connectivity index is 1.86. The van der Waals surface area contributed by atoms with Gasteiger partial charge in [-0.15, -0.1) is 0 Å². The molecule has 0 radical (unpaired) electrons. The predicted octanol–water partition coefficient (Wildman–Crippen LogP) is 4.58. The number of nitrogens with one attached hydrogen (secondary N) is 1. The minimum Gasteiger partial charge on any atom is -0.446 e. The fraction of sp³-hybridized carbons (Fsp3) is 0.500. The Morgan fingerprint density at radius 2 is 1.94 bits per heavy atom. The number of anilines is 1. The quantitative estimate of drug-likeness (QED) is 0.868. The van der Waals surface area contributed by atoms with Crippen molar-refractivity contribution >= 4 is 27.7 Å². The lowest BCUT2D eigenvalue weighted by Crippen LogP contribution is -2.30. The molecular formula is C14H18BrNO2. The molecule has 1 saturated carbocycles. The van der Waals surface area contributed by atoms with E-state index in [0.29, 0.717) is 5.92 Å². The van der Waals surface area contributed by atoms with Gasteiger partial charge in [-0.3, -0.25) is 5.32 Å². The molecule has 1 fully saturated rings. The van der Waals surface area contributed by atoms with Crippen molar-refractivity contribution in [3.8, 4) is 0 Å². The van der Waals surface area contributed by atoms with Gasteiger partial charge in [0.05, 0.1) is 0 Å². The number of carbonyl (C=O) groups is 1. The van der Waals surface area contributed by atoms with Gasteiger partial charge in [-0.2, -0.15) is 0 Å². The van der Waals surface area contributed by atoms with Crippen LogP contribution in [0.3, 0.4) is 0 Å². The van der Waals surface area contributed by atoms with Crippen LogP contribution in [-0.2, 0) is 4.74 Å². The summed E-state index contributed by atoms with van der Waals surface area (Å²) in [6.45, 7) is 2.15. The number of hydrogen-bond donors (Lipinski definition) is 1. The molecule has 1 aromatic carbocycles. The van der Waals surface area contributed by atoms with Crippen LogP contribution >= 0.6 is 15.9 Å². The van der Waals surface area contributed by atoms with Gasteiger partial charge in [-0.25, -0.2) is 4.79 Å². The van der Waals surface area contributed by atoms with Crippen LogP contribution in [0, 0.1) is 5.92 Å². The van der Waals surface area contributed by atoms with E-state index in [-0.39, 0.29) is 12.2 Å². The third kappa shape index (κ3) is 3.73. The van der Waals surface area contributed by atoms with Crippen LogP contribution in [0.25, 0.3) is 0 Å². The van der Waals surface area contributed by atoms with Gasteiger partial charge in [0, 0.05) is 10.2 Å². The molecule has 1 N–H and O–H groups in total. The van der Waals surface area contributed by atoms with Gasteiger partial charge in [0.2, 0.25) is 0 Å². The Kier molecular flexibility index (Phi) is 4.64. The van der Waals surface area contributed by atoms with Gasteiger partial charge >= 0.3 is 6.09 Å². The van der Waals surface area contributed by atoms with Crippen molar-refractivity contribution in [2.24, 2.45) is 5.92 Å². The second-order valence-electron chi connectivity index (χ2n) is 4.84. The van der Waals surface area contributed by atoms with E-state index < -0.39 is 0 Å². The highest BCUT2D eigenvalue weighted by molar-refractivity contribution is 9.10. The number of rotatable bonds is 2. The molecule has 0 spiro atoms. The molecule has 0 saturated heterocycles. The van der Waals surface area contributed by atoms with Crippen molar-refractivity contribution in [2.45, 2.75) is 38.7 Å². The van der Waals surface area contributed by atoms with E-state index in [2.05, 4.69) is 28.2 Å². The van der Waals surface area contributed by atoms with Gasteiger partial charge in [0.15, 0.2) is 0 Å². The zero-order valence-corrected chi connectivity index (χ0v) is 12.1. The molecule has 0 bridgehead atoms. The molecule has 98 valence electrons. The van der Waals surface area contributed by atoms with Crippen LogP contribution in [0.15, 0.2) is 28.7 Å². The molecule has 0 heterocycles. The van der Waals surface area contributed by atoms with Crippen molar-refractivity contribution in [1.29, 1.82) is 0 Å². The predicted molar refractivity (Wildman–Crippen MR) is 75.7 cm³/mol. The molecule has 3 nitrogen and oxygen atoms in total. The summed E-state index contributed by atoms with van der Waals surface area (Å²) in [6.07, 6.45) is 4.24. The van der Waals surface area contributed by atoms with Gasteiger partial charge in [-0.05, 0) is 49.4 Å². The van der Waals surface area contributed by atoms with Crippen LogP contribution < -0.4 is 5.32 Å². The van der Waals surface area contributed by atoms with Crippen LogP contribution in [0.1, 0.15) is 32.6 Å². The normalized spacial score (nSPS) is 23.4. The largest absolute Gasteiger partial charge is 0.446 e. The van der Waals surface area contributed by atoms with Gasteiger partial charge in [0.25, 0.3) is 0 Å². The average molecular weight is 312 g/mol. The van der Waals surface area contributed by atoms with Crippen LogP contribution in [0.5, 0.6) is 0 Å². The van der Waals surface area contributed by atoms with E-state index in [1.54, 1.807) is 0 Å². The molecule has 2 rings (SSSR count). The fourth-order valence-electron chi connectivity index (χ4n) is 2.28. The van der Waals surface area contributed by atoms with E-state index in [1.165, 1.54) is 6.42 Å². The Bertz CT molecular complexity index is 405. The van der Waals surface area contributed by atoms with E-state index in [9.17, 15) is 4.79 Å². The van der Waals surface area contributed by atoms with E-state index in [0.717, 1.165) is 29.4 Å². The monoisotopic (exact) mass is 311 g/mol. The first-order valence-corrected chi connectivity index (χ1v) is 7.17. The highest BCUT2D eigenvalue weighted by atomic mass is 79.9. The van der Waals surface area contributed by atoms with Crippen molar-refractivity contribution in [3.05, 3.63) is 28.7 Å². The molecule has 0 aromatic heterocycles. The zero-order valence-electron chi connectivity index (χ0n) is 10.5. The summed E-state index contributed by atoms with van der Waals surface area (Å²) in [5, 5.41) is 2.75. The molecular weight excluding hydrogens is 294 g/mol. The number of benzene rings is 1. The minimum absolute atomic E-state index is 0.0641. The lowest BCUT2D eigenvalue weighted by molar-refractivity contribution is 0.0524. The topological polar surface area (TPSA) is 38.3 Å². The Labute approximate surface area is 116 Å². The first-order valence-electron chi connectivity index (χ1n) is 6.38. The maximum Gasteiger partial charge on any atom is 0.411 e. The second kappa shape index (κ2) is 6.23. The number of ether oxygens (including phenoxy) is 1.